The van der Waals surface area contributed by atoms with E-state index >= 15 is 0 Å². The smallest absolute Gasteiger partial charge is 0.300 e. The molecule has 180 valence electrons. The summed E-state index contributed by atoms with van der Waals surface area (Å²) in [6, 6.07) is 22.9. The van der Waals surface area contributed by atoms with Crippen LogP contribution >= 0.6 is 0 Å². The Balaban J connectivity index is 1.83. The maximum absolute atomic E-state index is 13.3. The van der Waals surface area contributed by atoms with Crippen LogP contribution < -0.4 is 14.5 Å². The van der Waals surface area contributed by atoms with Crippen molar-refractivity contribution >= 4 is 28.8 Å². The summed E-state index contributed by atoms with van der Waals surface area (Å²) >= 11 is 0. The molecule has 4 rings (SSSR count). The minimum atomic E-state index is -0.762. The largest absolute Gasteiger partial charge is 0.507 e. The van der Waals surface area contributed by atoms with Crippen LogP contribution in [0.5, 0.6) is 5.75 Å². The first-order valence-corrected chi connectivity index (χ1v) is 11.6. The Hall–Kier alpha value is -4.06. The van der Waals surface area contributed by atoms with Gasteiger partial charge in [0, 0.05) is 31.0 Å². The Morgan fingerprint density at radius 1 is 0.971 bits per heavy atom. The van der Waals surface area contributed by atoms with Crippen LogP contribution in [-0.2, 0) is 9.59 Å². The van der Waals surface area contributed by atoms with Crippen LogP contribution in [0.4, 0.5) is 11.4 Å². The summed E-state index contributed by atoms with van der Waals surface area (Å²) in [4.78, 5) is 30.0. The van der Waals surface area contributed by atoms with Gasteiger partial charge in [-0.2, -0.15) is 0 Å². The fourth-order valence-electron chi connectivity index (χ4n) is 4.11. The SMILES string of the molecule is CC(C)COc1cccc(/C(O)=C2\C(=O)C(=O)N(c3ccc(N(C)C)cc3)C2c2ccccc2)c1. The van der Waals surface area contributed by atoms with E-state index in [1.165, 1.54) is 4.90 Å². The predicted octanol–water partition coefficient (Wildman–Crippen LogP) is 5.41. The lowest BCUT2D eigenvalue weighted by atomic mass is 9.95. The number of carbonyl (C=O) groups excluding carboxylic acids is 2. The lowest BCUT2D eigenvalue weighted by Gasteiger charge is -2.26. The Kier molecular flexibility index (Phi) is 6.92. The van der Waals surface area contributed by atoms with Crippen molar-refractivity contribution < 1.29 is 19.4 Å². The summed E-state index contributed by atoms with van der Waals surface area (Å²) in [6.45, 7) is 4.63. The molecule has 0 aliphatic carbocycles. The van der Waals surface area contributed by atoms with E-state index in [0.717, 1.165) is 11.3 Å². The molecule has 1 atom stereocenters. The van der Waals surface area contributed by atoms with E-state index in [4.69, 9.17) is 4.74 Å². The van der Waals surface area contributed by atoms with Gasteiger partial charge < -0.3 is 14.7 Å². The highest BCUT2D eigenvalue weighted by atomic mass is 16.5. The number of carbonyl (C=O) groups is 2. The molecule has 1 aliphatic heterocycles. The van der Waals surface area contributed by atoms with Gasteiger partial charge in [0.1, 0.15) is 11.5 Å². The number of amides is 1. The number of anilines is 2. The zero-order valence-electron chi connectivity index (χ0n) is 20.4. The predicted molar refractivity (Wildman–Crippen MR) is 139 cm³/mol. The van der Waals surface area contributed by atoms with E-state index in [9.17, 15) is 14.7 Å². The highest BCUT2D eigenvalue weighted by molar-refractivity contribution is 6.51. The van der Waals surface area contributed by atoms with Gasteiger partial charge in [-0.3, -0.25) is 14.5 Å². The third-order valence-electron chi connectivity index (χ3n) is 5.89. The van der Waals surface area contributed by atoms with Crippen molar-refractivity contribution in [3.8, 4) is 5.75 Å². The molecular weight excluding hydrogens is 440 g/mol. The molecule has 3 aromatic carbocycles. The number of aliphatic hydroxyl groups is 1. The van der Waals surface area contributed by atoms with Crippen molar-refractivity contribution in [2.45, 2.75) is 19.9 Å². The van der Waals surface area contributed by atoms with Crippen molar-refractivity contribution in [1.29, 1.82) is 0 Å². The van der Waals surface area contributed by atoms with E-state index in [-0.39, 0.29) is 11.3 Å². The van der Waals surface area contributed by atoms with E-state index in [1.807, 2.05) is 73.6 Å². The number of rotatable bonds is 7. The topological polar surface area (TPSA) is 70.1 Å². The van der Waals surface area contributed by atoms with Crippen LogP contribution in [0, 0.1) is 5.92 Å². The molecule has 1 heterocycles. The molecular formula is C29H30N2O4. The molecule has 0 spiro atoms. The van der Waals surface area contributed by atoms with Gasteiger partial charge in [0.25, 0.3) is 11.7 Å². The van der Waals surface area contributed by atoms with Gasteiger partial charge in [-0.25, -0.2) is 0 Å². The molecule has 6 heteroatoms. The van der Waals surface area contributed by atoms with Crippen molar-refractivity contribution in [3.63, 3.8) is 0 Å². The highest BCUT2D eigenvalue weighted by Gasteiger charge is 2.46. The summed E-state index contributed by atoms with van der Waals surface area (Å²) in [5.74, 6) is -0.687. The molecule has 3 aromatic rings. The first-order chi connectivity index (χ1) is 16.8. The van der Waals surface area contributed by atoms with Crippen molar-refractivity contribution in [1.82, 2.24) is 0 Å². The molecule has 0 radical (unpaired) electrons. The van der Waals surface area contributed by atoms with Crippen molar-refractivity contribution in [2.75, 3.05) is 30.5 Å². The number of hydrogen-bond donors (Lipinski definition) is 1. The zero-order chi connectivity index (χ0) is 25.1. The number of ether oxygens (including phenoxy) is 1. The van der Waals surface area contributed by atoms with Gasteiger partial charge in [-0.05, 0) is 47.9 Å². The standard InChI is InChI=1S/C29H30N2O4/c1-19(2)18-35-24-12-8-11-21(17-24)27(32)25-26(20-9-6-5-7-10-20)31(29(34)28(25)33)23-15-13-22(14-16-23)30(3)4/h5-17,19,26,32H,18H2,1-4H3/b27-25+. The summed E-state index contributed by atoms with van der Waals surface area (Å²) < 4.78 is 5.80. The lowest BCUT2D eigenvalue weighted by Crippen LogP contribution is -2.29. The van der Waals surface area contributed by atoms with Crippen LogP contribution in [-0.4, -0.2) is 37.5 Å². The number of aliphatic hydroxyl groups excluding tert-OH is 1. The number of ketones is 1. The van der Waals surface area contributed by atoms with Gasteiger partial charge in [-0.15, -0.1) is 0 Å². The van der Waals surface area contributed by atoms with Gasteiger partial charge >= 0.3 is 0 Å². The molecule has 1 fully saturated rings. The summed E-state index contributed by atoms with van der Waals surface area (Å²) in [5, 5.41) is 11.3. The molecule has 1 aliphatic rings. The zero-order valence-corrected chi connectivity index (χ0v) is 20.4. The van der Waals surface area contributed by atoms with Crippen molar-refractivity contribution in [3.05, 3.63) is 95.6 Å². The first kappa shape index (κ1) is 24.1. The van der Waals surface area contributed by atoms with E-state index in [1.54, 1.807) is 24.3 Å². The third kappa shape index (κ3) is 4.92. The van der Waals surface area contributed by atoms with Crippen LogP contribution in [0.3, 0.4) is 0 Å². The van der Waals surface area contributed by atoms with Crippen LogP contribution in [0.25, 0.3) is 5.76 Å². The second kappa shape index (κ2) is 10.1. The first-order valence-electron chi connectivity index (χ1n) is 11.6. The summed E-state index contributed by atoms with van der Waals surface area (Å²) in [7, 11) is 3.87. The maximum atomic E-state index is 13.3. The molecule has 0 saturated carbocycles. The Morgan fingerprint density at radius 3 is 2.29 bits per heavy atom. The second-order valence-electron chi connectivity index (χ2n) is 9.22. The fourth-order valence-corrected chi connectivity index (χ4v) is 4.11. The average molecular weight is 471 g/mol. The second-order valence-corrected chi connectivity index (χ2v) is 9.22. The highest BCUT2D eigenvalue weighted by Crippen LogP contribution is 2.42. The number of Topliss-reactive ketones (excluding diaryl/α,β-unsaturated/α-hetero) is 1. The van der Waals surface area contributed by atoms with Crippen LogP contribution in [0.2, 0.25) is 0 Å². The lowest BCUT2D eigenvalue weighted by molar-refractivity contribution is -0.132. The molecule has 6 nitrogen and oxygen atoms in total. The molecule has 1 amide bonds. The molecule has 1 unspecified atom stereocenters. The number of benzene rings is 3. The van der Waals surface area contributed by atoms with E-state index < -0.39 is 17.7 Å². The third-order valence-corrected chi connectivity index (χ3v) is 5.89. The van der Waals surface area contributed by atoms with Gasteiger partial charge in [0.05, 0.1) is 18.2 Å². The monoisotopic (exact) mass is 470 g/mol. The molecule has 0 aromatic heterocycles. The average Bonchev–Trinajstić information content (AvgIpc) is 3.13. The molecule has 35 heavy (non-hydrogen) atoms. The maximum Gasteiger partial charge on any atom is 0.300 e. The van der Waals surface area contributed by atoms with E-state index in [2.05, 4.69) is 13.8 Å². The van der Waals surface area contributed by atoms with Gasteiger partial charge in [0.15, 0.2) is 0 Å². The molecule has 0 bridgehead atoms. The minimum absolute atomic E-state index is 0.0545. The molecule has 1 N–H and O–H groups in total. The van der Waals surface area contributed by atoms with Gasteiger partial charge in [0.2, 0.25) is 0 Å². The quantitative estimate of drug-likeness (QED) is 0.284. The summed E-state index contributed by atoms with van der Waals surface area (Å²) in [6.07, 6.45) is 0. The van der Waals surface area contributed by atoms with Gasteiger partial charge in [-0.1, -0.05) is 56.3 Å². The van der Waals surface area contributed by atoms with Crippen molar-refractivity contribution in [2.24, 2.45) is 5.92 Å². The minimum Gasteiger partial charge on any atom is -0.507 e. The van der Waals surface area contributed by atoms with E-state index in [0.29, 0.717) is 29.5 Å². The Labute approximate surface area is 206 Å². The number of hydrogen-bond acceptors (Lipinski definition) is 5. The Morgan fingerprint density at radius 2 is 1.66 bits per heavy atom. The Bertz CT molecular complexity index is 1250. The molecule has 1 saturated heterocycles. The fraction of sp³-hybridized carbons (Fsp3) is 0.241. The summed E-state index contributed by atoms with van der Waals surface area (Å²) in [5.41, 5.74) is 2.77. The van der Waals surface area contributed by atoms with Crippen LogP contribution in [0.15, 0.2) is 84.4 Å². The number of nitrogens with zero attached hydrogens (tertiary/aromatic N) is 2. The van der Waals surface area contributed by atoms with Crippen LogP contribution in [0.1, 0.15) is 31.0 Å². The normalized spacial score (nSPS) is 17.2.